The molecule has 6 heteroatoms. The first-order valence-electron chi connectivity index (χ1n) is 9.71. The monoisotopic (exact) mass is 383 g/mol. The second-order valence-corrected chi connectivity index (χ2v) is 6.96. The maximum absolute atomic E-state index is 13.0. The van der Waals surface area contributed by atoms with Crippen LogP contribution in [-0.4, -0.2) is 42.9 Å². The van der Waals surface area contributed by atoms with E-state index in [1.54, 1.807) is 12.1 Å². The van der Waals surface area contributed by atoms with Gasteiger partial charge in [0.05, 0.1) is 0 Å². The average molecular weight is 383 g/mol. The number of hydrogen-bond donors (Lipinski definition) is 1. The van der Waals surface area contributed by atoms with Crippen LogP contribution in [0.5, 0.6) is 0 Å². The summed E-state index contributed by atoms with van der Waals surface area (Å²) in [5.41, 5.74) is 2.04. The van der Waals surface area contributed by atoms with E-state index in [1.165, 1.54) is 12.1 Å². The van der Waals surface area contributed by atoms with E-state index >= 15 is 0 Å². The van der Waals surface area contributed by atoms with Crippen molar-refractivity contribution in [3.63, 3.8) is 0 Å². The van der Waals surface area contributed by atoms with Gasteiger partial charge in [-0.25, -0.2) is 4.39 Å². The molecule has 2 aromatic rings. The Morgan fingerprint density at radius 1 is 0.893 bits per heavy atom. The number of carbonyl (C=O) groups excluding carboxylic acids is 2. The summed E-state index contributed by atoms with van der Waals surface area (Å²) in [5.74, 6) is -0.183. The highest BCUT2D eigenvalue weighted by molar-refractivity contribution is 5.79. The van der Waals surface area contributed by atoms with Crippen molar-refractivity contribution in [1.29, 1.82) is 0 Å². The van der Waals surface area contributed by atoms with Gasteiger partial charge in [-0.1, -0.05) is 30.3 Å². The number of amides is 2. The van der Waals surface area contributed by atoms with Gasteiger partial charge in [-0.2, -0.15) is 0 Å². The predicted octanol–water partition coefficient (Wildman–Crippen LogP) is 2.96. The number of carbonyl (C=O) groups is 2. The van der Waals surface area contributed by atoms with Crippen LogP contribution in [0.1, 0.15) is 24.8 Å². The summed E-state index contributed by atoms with van der Waals surface area (Å²) in [5, 5.41) is 2.88. The van der Waals surface area contributed by atoms with E-state index in [0.29, 0.717) is 38.9 Å². The third kappa shape index (κ3) is 5.81. The molecule has 0 saturated carbocycles. The Balaban J connectivity index is 1.33. The van der Waals surface area contributed by atoms with Gasteiger partial charge < -0.3 is 15.1 Å². The Labute approximate surface area is 165 Å². The average Bonchev–Trinajstić information content (AvgIpc) is 2.73. The Kier molecular flexibility index (Phi) is 7.00. The zero-order chi connectivity index (χ0) is 19.8. The summed E-state index contributed by atoms with van der Waals surface area (Å²) in [4.78, 5) is 28.3. The lowest BCUT2D eigenvalue weighted by molar-refractivity contribution is -0.131. The maximum Gasteiger partial charge on any atom is 0.222 e. The normalized spacial score (nSPS) is 14.0. The lowest BCUT2D eigenvalue weighted by Gasteiger charge is -2.36. The van der Waals surface area contributed by atoms with Crippen LogP contribution in [0.3, 0.4) is 0 Å². The highest BCUT2D eigenvalue weighted by Crippen LogP contribution is 2.17. The second-order valence-electron chi connectivity index (χ2n) is 6.96. The number of benzene rings is 2. The fraction of sp³-hybridized carbons (Fsp3) is 0.364. The molecule has 0 spiro atoms. The van der Waals surface area contributed by atoms with E-state index in [-0.39, 0.29) is 17.6 Å². The van der Waals surface area contributed by atoms with Crippen LogP contribution >= 0.6 is 0 Å². The minimum Gasteiger partial charge on any atom is -0.368 e. The van der Waals surface area contributed by atoms with Gasteiger partial charge in [-0.15, -0.1) is 0 Å². The maximum atomic E-state index is 13.0. The standard InChI is InChI=1S/C22H26FN3O2/c23-19-9-11-20(12-10-19)25-13-15-26(16-14-25)22(28)8-4-7-21(27)24-17-18-5-2-1-3-6-18/h1-3,5-6,9-12H,4,7-8,13-17H2,(H,24,27). The molecule has 0 aliphatic carbocycles. The van der Waals surface area contributed by atoms with Crippen LogP contribution in [0.2, 0.25) is 0 Å². The summed E-state index contributed by atoms with van der Waals surface area (Å²) in [7, 11) is 0. The van der Waals surface area contributed by atoms with Crippen molar-refractivity contribution in [1.82, 2.24) is 10.2 Å². The molecule has 28 heavy (non-hydrogen) atoms. The molecule has 2 aromatic carbocycles. The van der Waals surface area contributed by atoms with Crippen molar-refractivity contribution >= 4 is 17.5 Å². The largest absolute Gasteiger partial charge is 0.368 e. The summed E-state index contributed by atoms with van der Waals surface area (Å²) in [6, 6.07) is 16.2. The Morgan fingerprint density at radius 3 is 2.25 bits per heavy atom. The van der Waals surface area contributed by atoms with Gasteiger partial charge in [0.1, 0.15) is 5.82 Å². The van der Waals surface area contributed by atoms with Crippen molar-refractivity contribution in [2.24, 2.45) is 0 Å². The fourth-order valence-corrected chi connectivity index (χ4v) is 3.31. The number of nitrogens with zero attached hydrogens (tertiary/aromatic N) is 2. The highest BCUT2D eigenvalue weighted by Gasteiger charge is 2.21. The van der Waals surface area contributed by atoms with E-state index in [1.807, 2.05) is 35.2 Å². The predicted molar refractivity (Wildman–Crippen MR) is 107 cm³/mol. The molecule has 148 valence electrons. The van der Waals surface area contributed by atoms with E-state index in [4.69, 9.17) is 0 Å². The Bertz CT molecular complexity index is 772. The summed E-state index contributed by atoms with van der Waals surface area (Å²) in [6.07, 6.45) is 1.29. The number of nitrogens with one attached hydrogen (secondary N) is 1. The van der Waals surface area contributed by atoms with Gasteiger partial charge in [0, 0.05) is 51.3 Å². The summed E-state index contributed by atoms with van der Waals surface area (Å²) >= 11 is 0. The third-order valence-electron chi connectivity index (χ3n) is 4.95. The van der Waals surface area contributed by atoms with E-state index in [2.05, 4.69) is 10.2 Å². The molecule has 1 fully saturated rings. The van der Waals surface area contributed by atoms with Crippen molar-refractivity contribution in [3.8, 4) is 0 Å². The van der Waals surface area contributed by atoms with Crippen molar-refractivity contribution in [3.05, 3.63) is 66.0 Å². The first-order valence-corrected chi connectivity index (χ1v) is 9.71. The summed E-state index contributed by atoms with van der Waals surface area (Å²) < 4.78 is 13.0. The van der Waals surface area contributed by atoms with Gasteiger partial charge in [0.2, 0.25) is 11.8 Å². The zero-order valence-electron chi connectivity index (χ0n) is 15.9. The van der Waals surface area contributed by atoms with E-state index < -0.39 is 0 Å². The van der Waals surface area contributed by atoms with Gasteiger partial charge in [0.25, 0.3) is 0 Å². The van der Waals surface area contributed by atoms with Crippen molar-refractivity contribution < 1.29 is 14.0 Å². The Hall–Kier alpha value is -2.89. The van der Waals surface area contributed by atoms with Gasteiger partial charge in [0.15, 0.2) is 0 Å². The lowest BCUT2D eigenvalue weighted by Crippen LogP contribution is -2.48. The Morgan fingerprint density at radius 2 is 1.57 bits per heavy atom. The van der Waals surface area contributed by atoms with Gasteiger partial charge in [-0.3, -0.25) is 9.59 Å². The molecule has 1 saturated heterocycles. The number of hydrogen-bond acceptors (Lipinski definition) is 3. The molecule has 5 nitrogen and oxygen atoms in total. The SMILES string of the molecule is O=C(CCCC(=O)N1CCN(c2ccc(F)cc2)CC1)NCc1ccccc1. The molecule has 2 amide bonds. The first-order chi connectivity index (χ1) is 13.6. The van der Waals surface area contributed by atoms with Crippen LogP contribution in [0.15, 0.2) is 54.6 Å². The quantitative estimate of drug-likeness (QED) is 0.800. The van der Waals surface area contributed by atoms with E-state index in [0.717, 1.165) is 24.3 Å². The molecule has 0 bridgehead atoms. The van der Waals surface area contributed by atoms with Crippen molar-refractivity contribution in [2.75, 3.05) is 31.1 Å². The smallest absolute Gasteiger partial charge is 0.222 e. The number of anilines is 1. The van der Waals surface area contributed by atoms with Crippen molar-refractivity contribution in [2.45, 2.75) is 25.8 Å². The molecule has 1 N–H and O–H groups in total. The number of halogens is 1. The van der Waals surface area contributed by atoms with Crippen LogP contribution in [0, 0.1) is 5.82 Å². The molecule has 0 atom stereocenters. The molecule has 1 aliphatic heterocycles. The van der Waals surface area contributed by atoms with E-state index in [9.17, 15) is 14.0 Å². The molecular formula is C22H26FN3O2. The van der Waals surface area contributed by atoms with Crippen LogP contribution < -0.4 is 10.2 Å². The molecule has 1 aliphatic rings. The fourth-order valence-electron chi connectivity index (χ4n) is 3.31. The van der Waals surface area contributed by atoms with Crippen LogP contribution in [-0.2, 0) is 16.1 Å². The zero-order valence-corrected chi connectivity index (χ0v) is 15.9. The van der Waals surface area contributed by atoms with Gasteiger partial charge >= 0.3 is 0 Å². The molecule has 0 aromatic heterocycles. The minimum atomic E-state index is -0.245. The van der Waals surface area contributed by atoms with Crippen LogP contribution in [0.4, 0.5) is 10.1 Å². The summed E-state index contributed by atoms with van der Waals surface area (Å²) in [6.45, 7) is 3.27. The molecular weight excluding hydrogens is 357 g/mol. The second kappa shape index (κ2) is 9.88. The topological polar surface area (TPSA) is 52.7 Å². The van der Waals surface area contributed by atoms with Gasteiger partial charge in [-0.05, 0) is 36.2 Å². The lowest BCUT2D eigenvalue weighted by atomic mass is 10.1. The molecule has 3 rings (SSSR count). The molecule has 0 unspecified atom stereocenters. The molecule has 0 radical (unpaired) electrons. The number of piperazine rings is 1. The molecule has 1 heterocycles. The first kappa shape index (κ1) is 19.9. The highest BCUT2D eigenvalue weighted by atomic mass is 19.1. The number of rotatable bonds is 7. The minimum absolute atomic E-state index is 0.0298. The third-order valence-corrected chi connectivity index (χ3v) is 4.95. The van der Waals surface area contributed by atoms with Crippen LogP contribution in [0.25, 0.3) is 0 Å².